The van der Waals surface area contributed by atoms with E-state index in [9.17, 15) is 63.2 Å². The Kier molecular flexibility index (Phi) is 15.0. The highest BCUT2D eigenvalue weighted by atomic mass is 32.2. The Bertz CT molecular complexity index is 2450. The zero-order chi connectivity index (χ0) is 43.0. The largest absolute Gasteiger partial charge is 0.481 e. The summed E-state index contributed by atoms with van der Waals surface area (Å²) in [5.41, 5.74) is 8.91. The first kappa shape index (κ1) is 45.6. The van der Waals surface area contributed by atoms with E-state index in [2.05, 4.69) is 5.32 Å². The number of rotatable bonds is 20. The van der Waals surface area contributed by atoms with Crippen molar-refractivity contribution in [3.63, 3.8) is 0 Å². The molecule has 0 aliphatic heterocycles. The number of aliphatic carboxylic acids is 1. The molecule has 4 atom stereocenters. The first-order valence-electron chi connectivity index (χ1n) is 17.6. The van der Waals surface area contributed by atoms with Crippen molar-refractivity contribution in [1.82, 2.24) is 5.32 Å². The van der Waals surface area contributed by atoms with Crippen molar-refractivity contribution in [1.29, 1.82) is 0 Å². The fourth-order valence-corrected chi connectivity index (χ4v) is 7.55. The van der Waals surface area contributed by atoms with Crippen LogP contribution in [0.2, 0.25) is 0 Å². The molecule has 0 spiro atoms. The summed E-state index contributed by atoms with van der Waals surface area (Å²) in [4.78, 5) is 52.8. The first-order chi connectivity index (χ1) is 27.0. The van der Waals surface area contributed by atoms with Crippen LogP contribution in [0.1, 0.15) is 40.7 Å². The third-order valence-corrected chi connectivity index (χ3v) is 12.0. The highest BCUT2D eigenvalue weighted by Gasteiger charge is 2.32. The van der Waals surface area contributed by atoms with Gasteiger partial charge in [-0.05, 0) is 91.3 Å². The van der Waals surface area contributed by atoms with Gasteiger partial charge >= 0.3 is 5.97 Å². The molecule has 0 saturated carbocycles. The molecule has 310 valence electrons. The van der Waals surface area contributed by atoms with Gasteiger partial charge in [0.1, 0.15) is 0 Å². The lowest BCUT2D eigenvalue weighted by Gasteiger charge is -2.24. The third-order valence-electron chi connectivity index (χ3n) is 9.38. The second-order valence-electron chi connectivity index (χ2n) is 13.9. The second kappa shape index (κ2) is 19.1. The van der Waals surface area contributed by atoms with E-state index in [1.54, 1.807) is 24.3 Å². The fourth-order valence-electron chi connectivity index (χ4n) is 6.11. The minimum atomic E-state index is -4.57. The number of carboxylic acid groups (broad SMARTS) is 1. The number of ketones is 2. The summed E-state index contributed by atoms with van der Waals surface area (Å²) in [5.74, 6) is -5.89. The van der Waals surface area contributed by atoms with Crippen LogP contribution >= 0.6 is 0 Å². The molecule has 0 radical (unpaired) electrons. The van der Waals surface area contributed by atoms with E-state index in [4.69, 9.17) is 5.73 Å². The monoisotopic (exact) mass is 858 g/mol. The van der Waals surface area contributed by atoms with Gasteiger partial charge in [0, 0.05) is 18.8 Å². The van der Waals surface area contributed by atoms with Crippen LogP contribution in [0, 0.1) is 18.8 Å². The highest BCUT2D eigenvalue weighted by molar-refractivity contribution is 7.86. The number of carbonyl (C=O) groups is 4. The molecule has 0 fully saturated rings. The minimum Gasteiger partial charge on any atom is -0.481 e. The summed E-state index contributed by atoms with van der Waals surface area (Å²) < 4.78 is 97.5. The Morgan fingerprint density at radius 1 is 0.534 bits per heavy atom. The predicted molar refractivity (Wildman–Crippen MR) is 209 cm³/mol. The zero-order valence-electron chi connectivity index (χ0n) is 31.0. The number of aryl methyl sites for hydroxylation is 1. The number of carboxylic acids is 1. The Morgan fingerprint density at radius 2 is 0.879 bits per heavy atom. The van der Waals surface area contributed by atoms with Gasteiger partial charge in [0.15, 0.2) is 11.6 Å². The second-order valence-corrected chi connectivity index (χ2v) is 18.2. The summed E-state index contributed by atoms with van der Waals surface area (Å²) in [7, 11) is -13.6. The van der Waals surface area contributed by atoms with Crippen LogP contribution in [0.25, 0.3) is 0 Å². The minimum absolute atomic E-state index is 0.0157. The lowest BCUT2D eigenvalue weighted by Crippen LogP contribution is -2.47. The summed E-state index contributed by atoms with van der Waals surface area (Å²) in [6.45, 7) is 1.86. The number of hydrogen-bond acceptors (Lipinski definition) is 11. The van der Waals surface area contributed by atoms with Crippen LogP contribution in [0.5, 0.6) is 0 Å². The number of nitrogens with one attached hydrogen (secondary N) is 1. The summed E-state index contributed by atoms with van der Waals surface area (Å²) in [5, 5.41) is 12.7. The Hall–Kier alpha value is -5.15. The molecule has 16 nitrogen and oxygen atoms in total. The van der Waals surface area contributed by atoms with Crippen LogP contribution in [-0.2, 0) is 75.2 Å². The SMILES string of the molecule is Cc1ccc(CC(CC(=O)C(Cc2ccc(S(=O)(=O)O)cc2)NC(=O)C(CC(=O)C(N)Cc2ccc(S(=O)(=O)O)cc2)Cc2ccc(S(=O)(=O)O)cc2)C(=O)O)cc1. The van der Waals surface area contributed by atoms with Gasteiger partial charge in [-0.3, -0.25) is 32.8 Å². The molecular weight excluding hydrogens is 817 g/mol. The smallest absolute Gasteiger partial charge is 0.307 e. The standard InChI is InChI=1S/C39H42N2O14S3/c1-24-2-4-25(5-3-24)19-30(39(45)46)23-37(43)35(21-28-10-16-33(17-11-28)58(53,54)55)41-38(44)29(18-26-6-12-31(13-7-26)56(47,48)49)22-36(42)34(40)20-27-8-14-32(15-9-27)57(50,51)52/h2-17,29-30,34-35H,18-23,40H2,1H3,(H,41,44)(H,45,46)(H,47,48,49)(H,50,51,52)(H,53,54,55). The van der Waals surface area contributed by atoms with Gasteiger partial charge in [-0.15, -0.1) is 0 Å². The molecule has 4 aromatic carbocycles. The van der Waals surface area contributed by atoms with E-state index in [-0.39, 0.29) is 30.6 Å². The molecule has 4 rings (SSSR count). The Morgan fingerprint density at radius 3 is 1.28 bits per heavy atom. The van der Waals surface area contributed by atoms with E-state index >= 15 is 0 Å². The average Bonchev–Trinajstić information content (AvgIpc) is 3.14. The molecule has 4 aromatic rings. The molecule has 0 aromatic heterocycles. The zero-order valence-corrected chi connectivity index (χ0v) is 33.4. The number of nitrogens with two attached hydrogens (primary N) is 1. The molecule has 4 unspecified atom stereocenters. The summed E-state index contributed by atoms with van der Waals surface area (Å²) in [6.07, 6.45) is -1.60. The topological polar surface area (TPSA) is 290 Å². The third kappa shape index (κ3) is 13.5. The number of hydrogen-bond donors (Lipinski definition) is 6. The summed E-state index contributed by atoms with van der Waals surface area (Å²) >= 11 is 0. The Balaban J connectivity index is 1.64. The van der Waals surface area contributed by atoms with E-state index in [0.717, 1.165) is 42.0 Å². The molecule has 1 amide bonds. The molecule has 0 aliphatic carbocycles. The molecule has 0 saturated heterocycles. The average molecular weight is 859 g/mol. The maximum absolute atomic E-state index is 14.2. The summed E-state index contributed by atoms with van der Waals surface area (Å²) in [6, 6.07) is 18.9. The van der Waals surface area contributed by atoms with Crippen LogP contribution < -0.4 is 11.1 Å². The number of Topliss-reactive ketones (excluding diaryl/α,β-unsaturated/α-hetero) is 2. The van der Waals surface area contributed by atoms with Crippen LogP contribution in [0.3, 0.4) is 0 Å². The lowest BCUT2D eigenvalue weighted by atomic mass is 9.88. The van der Waals surface area contributed by atoms with E-state index in [0.29, 0.717) is 22.3 Å². The van der Waals surface area contributed by atoms with E-state index in [1.807, 2.05) is 6.92 Å². The highest BCUT2D eigenvalue weighted by Crippen LogP contribution is 2.22. The van der Waals surface area contributed by atoms with Crippen LogP contribution in [0.15, 0.2) is 112 Å². The van der Waals surface area contributed by atoms with Crippen molar-refractivity contribution < 1.29 is 63.2 Å². The molecule has 58 heavy (non-hydrogen) atoms. The number of benzene rings is 4. The predicted octanol–water partition coefficient (Wildman–Crippen LogP) is 3.05. The van der Waals surface area contributed by atoms with Gasteiger partial charge in [0.25, 0.3) is 30.4 Å². The molecule has 7 N–H and O–H groups in total. The fraction of sp³-hybridized carbons (Fsp3) is 0.282. The normalized spacial score (nSPS) is 14.2. The quantitative estimate of drug-likeness (QED) is 0.0697. The van der Waals surface area contributed by atoms with Gasteiger partial charge in [-0.25, -0.2) is 0 Å². The Labute approximate surface area is 335 Å². The lowest BCUT2D eigenvalue weighted by molar-refractivity contribution is -0.144. The van der Waals surface area contributed by atoms with Crippen molar-refractivity contribution in [2.45, 2.75) is 72.2 Å². The molecule has 0 heterocycles. The molecule has 19 heteroatoms. The molecule has 0 bridgehead atoms. The van der Waals surface area contributed by atoms with Gasteiger partial charge in [0.05, 0.1) is 32.7 Å². The van der Waals surface area contributed by atoms with Crippen molar-refractivity contribution in [2.24, 2.45) is 17.6 Å². The van der Waals surface area contributed by atoms with Crippen molar-refractivity contribution in [2.75, 3.05) is 0 Å². The van der Waals surface area contributed by atoms with E-state index < -0.39 is 100 Å². The van der Waals surface area contributed by atoms with E-state index in [1.165, 1.54) is 36.4 Å². The van der Waals surface area contributed by atoms with Crippen LogP contribution in [0.4, 0.5) is 0 Å². The van der Waals surface area contributed by atoms with Gasteiger partial charge < -0.3 is 16.2 Å². The first-order valence-corrected chi connectivity index (χ1v) is 21.9. The van der Waals surface area contributed by atoms with Crippen molar-refractivity contribution in [3.8, 4) is 0 Å². The maximum atomic E-state index is 14.2. The molecule has 0 aliphatic rings. The van der Waals surface area contributed by atoms with Gasteiger partial charge in [-0.1, -0.05) is 66.2 Å². The maximum Gasteiger partial charge on any atom is 0.307 e. The van der Waals surface area contributed by atoms with Gasteiger partial charge in [-0.2, -0.15) is 25.3 Å². The van der Waals surface area contributed by atoms with Gasteiger partial charge in [0.2, 0.25) is 5.91 Å². The molecular formula is C39H42N2O14S3. The van der Waals surface area contributed by atoms with Crippen molar-refractivity contribution in [3.05, 3.63) is 125 Å². The van der Waals surface area contributed by atoms with Crippen molar-refractivity contribution >= 4 is 53.8 Å². The number of amides is 1. The van der Waals surface area contributed by atoms with Crippen LogP contribution in [-0.4, -0.2) is 79.5 Å². The number of carbonyl (C=O) groups excluding carboxylic acids is 3.